The van der Waals surface area contributed by atoms with Crippen molar-refractivity contribution < 1.29 is 9.59 Å². The Morgan fingerprint density at radius 1 is 1.21 bits per heavy atom. The van der Waals surface area contributed by atoms with Crippen LogP contribution in [0.5, 0.6) is 0 Å². The number of aryl methyl sites for hydroxylation is 2. The number of nitrogens with one attached hydrogen (secondary N) is 2. The second-order valence-corrected chi connectivity index (χ2v) is 7.79. The molecule has 4 rings (SSSR count). The van der Waals surface area contributed by atoms with Gasteiger partial charge in [0.05, 0.1) is 11.6 Å². The Bertz CT molecular complexity index is 913. The number of nitrogens with zero attached hydrogens (tertiary/aromatic N) is 4. The third-order valence-electron chi connectivity index (χ3n) is 5.66. The van der Waals surface area contributed by atoms with Crippen molar-refractivity contribution in [1.29, 1.82) is 0 Å². The number of benzene rings is 1. The van der Waals surface area contributed by atoms with Gasteiger partial charge >= 0.3 is 0 Å². The molecule has 1 saturated heterocycles. The maximum absolute atomic E-state index is 12.8. The number of carbonyl (C=O) groups excluding carboxylic acids is 2. The summed E-state index contributed by atoms with van der Waals surface area (Å²) < 4.78 is 1.82. The lowest BCUT2D eigenvalue weighted by atomic mass is 9.92. The number of hydrogen-bond donors (Lipinski definition) is 2. The molecule has 0 saturated carbocycles. The molecule has 2 aromatic rings. The third-order valence-corrected chi connectivity index (χ3v) is 5.66. The fourth-order valence-corrected chi connectivity index (χ4v) is 4.17. The van der Waals surface area contributed by atoms with E-state index in [-0.39, 0.29) is 17.9 Å². The molecule has 8 nitrogen and oxygen atoms in total. The lowest BCUT2D eigenvalue weighted by molar-refractivity contribution is -0.133. The molecule has 1 spiro atoms. The Labute approximate surface area is 164 Å². The lowest BCUT2D eigenvalue weighted by Crippen LogP contribution is -2.62. The molecule has 0 aliphatic carbocycles. The van der Waals surface area contributed by atoms with E-state index in [9.17, 15) is 9.59 Å². The van der Waals surface area contributed by atoms with Gasteiger partial charge in [0.15, 0.2) is 0 Å². The largest absolute Gasteiger partial charge is 0.362 e. The molecule has 3 heterocycles. The van der Waals surface area contributed by atoms with E-state index in [1.165, 1.54) is 0 Å². The molecule has 1 aromatic heterocycles. The number of likely N-dealkylation sites (tertiary alicyclic amines) is 1. The Morgan fingerprint density at radius 3 is 2.61 bits per heavy atom. The first-order chi connectivity index (χ1) is 13.4. The summed E-state index contributed by atoms with van der Waals surface area (Å²) in [6.07, 6.45) is 1.74. The zero-order valence-corrected chi connectivity index (χ0v) is 16.5. The predicted molar refractivity (Wildman–Crippen MR) is 105 cm³/mol. The first-order valence-corrected chi connectivity index (χ1v) is 9.74. The van der Waals surface area contributed by atoms with Crippen LogP contribution < -0.4 is 10.6 Å². The van der Waals surface area contributed by atoms with Crippen LogP contribution >= 0.6 is 0 Å². The Balaban J connectivity index is 1.38. The third kappa shape index (κ3) is 3.34. The van der Waals surface area contributed by atoms with Crippen molar-refractivity contribution >= 4 is 17.5 Å². The van der Waals surface area contributed by atoms with Crippen LogP contribution in [0.25, 0.3) is 0 Å². The summed E-state index contributed by atoms with van der Waals surface area (Å²) in [5, 5.41) is 11.0. The van der Waals surface area contributed by atoms with Crippen LogP contribution in [-0.4, -0.2) is 50.2 Å². The Hall–Kier alpha value is -2.90. The first-order valence-electron chi connectivity index (χ1n) is 9.74. The second-order valence-electron chi connectivity index (χ2n) is 7.79. The van der Waals surface area contributed by atoms with Gasteiger partial charge in [-0.1, -0.05) is 12.1 Å². The van der Waals surface area contributed by atoms with Crippen LogP contribution in [0.1, 0.15) is 54.2 Å². The molecule has 2 N–H and O–H groups in total. The number of para-hydroxylation sites is 1. The van der Waals surface area contributed by atoms with Crippen LogP contribution in [0.2, 0.25) is 0 Å². The number of carbonyl (C=O) groups is 2. The molecule has 1 atom stereocenters. The highest BCUT2D eigenvalue weighted by Gasteiger charge is 2.41. The van der Waals surface area contributed by atoms with Crippen molar-refractivity contribution in [2.75, 3.05) is 18.4 Å². The second kappa shape index (κ2) is 6.92. The van der Waals surface area contributed by atoms with Crippen LogP contribution in [0.3, 0.4) is 0 Å². The minimum atomic E-state index is -0.479. The van der Waals surface area contributed by atoms with Crippen molar-refractivity contribution in [3.63, 3.8) is 0 Å². The van der Waals surface area contributed by atoms with E-state index in [2.05, 4.69) is 20.7 Å². The van der Waals surface area contributed by atoms with Crippen molar-refractivity contribution in [3.8, 4) is 0 Å². The van der Waals surface area contributed by atoms with Gasteiger partial charge in [0, 0.05) is 38.0 Å². The molecule has 2 aliphatic heterocycles. The summed E-state index contributed by atoms with van der Waals surface area (Å²) in [7, 11) is 0. The average molecular weight is 382 g/mol. The quantitative estimate of drug-likeness (QED) is 0.847. The van der Waals surface area contributed by atoms with E-state index < -0.39 is 5.66 Å². The van der Waals surface area contributed by atoms with Gasteiger partial charge in [-0.25, -0.2) is 9.67 Å². The molecule has 0 unspecified atom stereocenters. The average Bonchev–Trinajstić information content (AvgIpc) is 3.00. The maximum atomic E-state index is 12.8. The number of hydrogen-bond acceptors (Lipinski definition) is 5. The highest BCUT2D eigenvalue weighted by Crippen LogP contribution is 2.31. The molecular formula is C20H26N6O2. The minimum absolute atomic E-state index is 0.0380. The number of fused-ring (bicyclic) bond motifs is 1. The van der Waals surface area contributed by atoms with Gasteiger partial charge in [0.1, 0.15) is 17.3 Å². The van der Waals surface area contributed by atoms with Gasteiger partial charge in [0.2, 0.25) is 5.91 Å². The van der Waals surface area contributed by atoms with Gasteiger partial charge in [-0.15, -0.1) is 0 Å². The van der Waals surface area contributed by atoms with Crippen molar-refractivity contribution in [2.24, 2.45) is 0 Å². The van der Waals surface area contributed by atoms with Crippen LogP contribution in [0, 0.1) is 13.8 Å². The fourth-order valence-electron chi connectivity index (χ4n) is 4.17. The summed E-state index contributed by atoms with van der Waals surface area (Å²) in [6.45, 7) is 6.96. The van der Waals surface area contributed by atoms with Gasteiger partial charge in [-0.2, -0.15) is 5.10 Å². The number of aromatic nitrogens is 3. The molecule has 2 aliphatic rings. The Kier molecular flexibility index (Phi) is 4.56. The van der Waals surface area contributed by atoms with Crippen molar-refractivity contribution in [3.05, 3.63) is 41.5 Å². The summed E-state index contributed by atoms with van der Waals surface area (Å²) >= 11 is 0. The summed E-state index contributed by atoms with van der Waals surface area (Å²) in [5.41, 5.74) is 1.04. The number of anilines is 1. The SMILES string of the molecule is Cc1nc(C)n([C@H](C)CC(=O)N2CCC3(CC2)NC(=O)c2ccccc2N3)n1. The van der Waals surface area contributed by atoms with E-state index in [0.29, 0.717) is 37.9 Å². The number of piperidine rings is 1. The molecule has 1 fully saturated rings. The van der Waals surface area contributed by atoms with Gasteiger partial charge in [-0.05, 0) is 32.9 Å². The van der Waals surface area contributed by atoms with E-state index in [1.54, 1.807) is 0 Å². The molecule has 1 aromatic carbocycles. The highest BCUT2D eigenvalue weighted by molar-refractivity contribution is 6.02. The Morgan fingerprint density at radius 2 is 1.93 bits per heavy atom. The zero-order valence-electron chi connectivity index (χ0n) is 16.5. The van der Waals surface area contributed by atoms with Crippen molar-refractivity contribution in [1.82, 2.24) is 25.0 Å². The molecular weight excluding hydrogens is 356 g/mol. The van der Waals surface area contributed by atoms with Crippen molar-refractivity contribution in [2.45, 2.75) is 51.7 Å². The van der Waals surface area contributed by atoms with Crippen LogP contribution in [-0.2, 0) is 4.79 Å². The predicted octanol–water partition coefficient (Wildman–Crippen LogP) is 2.02. The normalized spacial score (nSPS) is 19.0. The topological polar surface area (TPSA) is 92.2 Å². The molecule has 28 heavy (non-hydrogen) atoms. The fraction of sp³-hybridized carbons (Fsp3) is 0.500. The van der Waals surface area contributed by atoms with Crippen LogP contribution in [0.15, 0.2) is 24.3 Å². The molecule has 0 radical (unpaired) electrons. The van der Waals surface area contributed by atoms with Gasteiger partial charge in [-0.3, -0.25) is 9.59 Å². The minimum Gasteiger partial charge on any atom is -0.362 e. The standard InChI is InChI=1S/C20H26N6O2/c1-13(26-15(3)21-14(2)24-26)12-18(27)25-10-8-20(9-11-25)22-17-7-5-4-6-16(17)19(28)23-20/h4-7,13,22H,8-12H2,1-3H3,(H,23,28)/t13-/m1/s1. The smallest absolute Gasteiger partial charge is 0.255 e. The summed E-state index contributed by atoms with van der Waals surface area (Å²) in [4.78, 5) is 31.5. The highest BCUT2D eigenvalue weighted by atomic mass is 16.2. The number of amides is 2. The zero-order chi connectivity index (χ0) is 19.9. The van der Waals surface area contributed by atoms with E-state index in [1.807, 2.05) is 54.6 Å². The van der Waals surface area contributed by atoms with Crippen LogP contribution in [0.4, 0.5) is 5.69 Å². The molecule has 0 bridgehead atoms. The van der Waals surface area contributed by atoms with Gasteiger partial charge < -0.3 is 15.5 Å². The summed E-state index contributed by atoms with van der Waals surface area (Å²) in [6, 6.07) is 7.49. The van der Waals surface area contributed by atoms with Gasteiger partial charge in [0.25, 0.3) is 5.91 Å². The molecule has 2 amide bonds. The first kappa shape index (κ1) is 18.5. The maximum Gasteiger partial charge on any atom is 0.255 e. The van der Waals surface area contributed by atoms with E-state index >= 15 is 0 Å². The van der Waals surface area contributed by atoms with E-state index in [0.717, 1.165) is 17.3 Å². The summed E-state index contributed by atoms with van der Waals surface area (Å²) in [5.74, 6) is 1.59. The molecule has 148 valence electrons. The molecule has 8 heteroatoms. The number of rotatable bonds is 3. The lowest BCUT2D eigenvalue weighted by Gasteiger charge is -2.46. The monoisotopic (exact) mass is 382 g/mol. The van der Waals surface area contributed by atoms with E-state index in [4.69, 9.17) is 0 Å².